The second-order valence-corrected chi connectivity index (χ2v) is 5.84. The van der Waals surface area contributed by atoms with Gasteiger partial charge in [0.15, 0.2) is 0 Å². The first-order chi connectivity index (χ1) is 8.09. The molecule has 17 heavy (non-hydrogen) atoms. The van der Waals surface area contributed by atoms with Gasteiger partial charge in [-0.15, -0.1) is 0 Å². The summed E-state index contributed by atoms with van der Waals surface area (Å²) in [6, 6.07) is 5.36. The highest BCUT2D eigenvalue weighted by molar-refractivity contribution is 6.35. The van der Waals surface area contributed by atoms with Crippen molar-refractivity contribution in [1.82, 2.24) is 0 Å². The summed E-state index contributed by atoms with van der Waals surface area (Å²) in [7, 11) is 0. The molecule has 1 aliphatic carbocycles. The van der Waals surface area contributed by atoms with E-state index in [1.807, 2.05) is 6.07 Å². The summed E-state index contributed by atoms with van der Waals surface area (Å²) in [4.78, 5) is 0. The maximum Gasteiger partial charge on any atom is 0.0860 e. The van der Waals surface area contributed by atoms with Crippen LogP contribution < -0.4 is 0 Å². The van der Waals surface area contributed by atoms with Crippen LogP contribution in [0.15, 0.2) is 18.2 Å². The Bertz CT molecular complexity index is 397. The van der Waals surface area contributed by atoms with Gasteiger partial charge in [-0.25, -0.2) is 0 Å². The van der Waals surface area contributed by atoms with E-state index in [4.69, 9.17) is 23.2 Å². The summed E-state index contributed by atoms with van der Waals surface area (Å²) in [6.45, 7) is 2.15. The average molecular weight is 273 g/mol. The normalized spacial score (nSPS) is 20.5. The Morgan fingerprint density at radius 3 is 2.47 bits per heavy atom. The van der Waals surface area contributed by atoms with Crippen molar-refractivity contribution < 1.29 is 5.11 Å². The molecular weight excluding hydrogens is 255 g/mol. The van der Waals surface area contributed by atoms with Crippen LogP contribution in [0.2, 0.25) is 10.0 Å². The Balaban J connectivity index is 2.32. The standard InChI is InChI=1S/C14H18Cl2O/c1-2-14(7-3-4-8-14)13(17)11-6-5-10(15)9-12(11)16/h5-6,9,13,17H,2-4,7-8H2,1H3. The van der Waals surface area contributed by atoms with E-state index in [0.717, 1.165) is 24.8 Å². The van der Waals surface area contributed by atoms with Crippen molar-refractivity contribution >= 4 is 23.2 Å². The van der Waals surface area contributed by atoms with E-state index in [9.17, 15) is 5.11 Å². The molecule has 94 valence electrons. The molecule has 0 radical (unpaired) electrons. The molecule has 1 aromatic rings. The molecule has 3 heteroatoms. The topological polar surface area (TPSA) is 20.2 Å². The quantitative estimate of drug-likeness (QED) is 0.821. The van der Waals surface area contributed by atoms with Gasteiger partial charge in [0.05, 0.1) is 6.10 Å². The molecule has 1 N–H and O–H groups in total. The van der Waals surface area contributed by atoms with Crippen molar-refractivity contribution in [1.29, 1.82) is 0 Å². The van der Waals surface area contributed by atoms with E-state index in [-0.39, 0.29) is 5.41 Å². The molecule has 1 saturated carbocycles. The van der Waals surface area contributed by atoms with Crippen LogP contribution in [0.25, 0.3) is 0 Å². The van der Waals surface area contributed by atoms with Crippen LogP contribution in [0, 0.1) is 5.41 Å². The third kappa shape index (κ3) is 2.47. The summed E-state index contributed by atoms with van der Waals surface area (Å²) in [5.41, 5.74) is 0.831. The Labute approximate surface area is 113 Å². The summed E-state index contributed by atoms with van der Waals surface area (Å²) in [6.07, 6.45) is 5.10. The highest BCUT2D eigenvalue weighted by atomic mass is 35.5. The fraction of sp³-hybridized carbons (Fsp3) is 0.571. The molecule has 2 rings (SSSR count). The Morgan fingerprint density at radius 1 is 1.29 bits per heavy atom. The van der Waals surface area contributed by atoms with Crippen LogP contribution in [-0.2, 0) is 0 Å². The molecular formula is C14H18Cl2O. The lowest BCUT2D eigenvalue weighted by atomic mass is 9.75. The second-order valence-electron chi connectivity index (χ2n) is 4.99. The van der Waals surface area contributed by atoms with Gasteiger partial charge in [0.1, 0.15) is 0 Å². The monoisotopic (exact) mass is 272 g/mol. The van der Waals surface area contributed by atoms with E-state index >= 15 is 0 Å². The Kier molecular flexibility index (Phi) is 4.02. The van der Waals surface area contributed by atoms with Crippen molar-refractivity contribution in [2.24, 2.45) is 5.41 Å². The van der Waals surface area contributed by atoms with Crippen LogP contribution in [0.1, 0.15) is 50.7 Å². The van der Waals surface area contributed by atoms with Crippen molar-refractivity contribution in [3.63, 3.8) is 0 Å². The van der Waals surface area contributed by atoms with Gasteiger partial charge in [-0.2, -0.15) is 0 Å². The van der Waals surface area contributed by atoms with E-state index in [0.29, 0.717) is 10.0 Å². The zero-order valence-electron chi connectivity index (χ0n) is 10.0. The van der Waals surface area contributed by atoms with E-state index < -0.39 is 6.10 Å². The maximum absolute atomic E-state index is 10.6. The van der Waals surface area contributed by atoms with Gasteiger partial charge in [0.25, 0.3) is 0 Å². The first kappa shape index (κ1) is 13.2. The molecule has 1 fully saturated rings. The van der Waals surface area contributed by atoms with Gasteiger partial charge < -0.3 is 5.11 Å². The maximum atomic E-state index is 10.6. The third-order valence-corrected chi connectivity index (χ3v) is 4.70. The molecule has 0 spiro atoms. The van der Waals surface area contributed by atoms with Gasteiger partial charge in [0.2, 0.25) is 0 Å². The molecule has 1 nitrogen and oxygen atoms in total. The molecule has 0 saturated heterocycles. The SMILES string of the molecule is CCC1(C(O)c2ccc(Cl)cc2Cl)CCCC1. The zero-order valence-corrected chi connectivity index (χ0v) is 11.6. The minimum Gasteiger partial charge on any atom is -0.388 e. The zero-order chi connectivity index (χ0) is 12.5. The van der Waals surface area contributed by atoms with Crippen LogP contribution in [0.4, 0.5) is 0 Å². The first-order valence-corrected chi connectivity index (χ1v) is 6.98. The predicted molar refractivity (Wildman–Crippen MR) is 72.6 cm³/mol. The highest BCUT2D eigenvalue weighted by Crippen LogP contribution is 2.51. The van der Waals surface area contributed by atoms with Gasteiger partial charge >= 0.3 is 0 Å². The van der Waals surface area contributed by atoms with Gasteiger partial charge in [0, 0.05) is 15.5 Å². The molecule has 1 atom stereocenters. The molecule has 0 amide bonds. The fourth-order valence-electron chi connectivity index (χ4n) is 2.95. The van der Waals surface area contributed by atoms with Crippen LogP contribution in [-0.4, -0.2) is 5.11 Å². The van der Waals surface area contributed by atoms with Gasteiger partial charge in [-0.1, -0.05) is 49.0 Å². The van der Waals surface area contributed by atoms with Crippen molar-refractivity contribution in [2.75, 3.05) is 0 Å². The molecule has 0 aliphatic heterocycles. The number of hydrogen-bond acceptors (Lipinski definition) is 1. The lowest BCUT2D eigenvalue weighted by Gasteiger charge is -2.34. The van der Waals surface area contributed by atoms with E-state index in [2.05, 4.69) is 6.92 Å². The van der Waals surface area contributed by atoms with E-state index in [1.54, 1.807) is 12.1 Å². The number of benzene rings is 1. The molecule has 1 unspecified atom stereocenters. The lowest BCUT2D eigenvalue weighted by molar-refractivity contribution is 0.0238. The summed E-state index contributed by atoms with van der Waals surface area (Å²) in [5.74, 6) is 0. The second kappa shape index (κ2) is 5.17. The smallest absolute Gasteiger partial charge is 0.0860 e. The molecule has 1 aromatic carbocycles. The van der Waals surface area contributed by atoms with Crippen LogP contribution in [0.3, 0.4) is 0 Å². The number of rotatable bonds is 3. The molecule has 0 heterocycles. The fourth-order valence-corrected chi connectivity index (χ4v) is 3.46. The minimum atomic E-state index is -0.472. The minimum absolute atomic E-state index is 0.0114. The van der Waals surface area contributed by atoms with Crippen molar-refractivity contribution in [2.45, 2.75) is 45.1 Å². The van der Waals surface area contributed by atoms with Crippen LogP contribution in [0.5, 0.6) is 0 Å². The number of hydrogen-bond donors (Lipinski definition) is 1. The predicted octanol–water partition coefficient (Wildman–Crippen LogP) is 5.00. The largest absolute Gasteiger partial charge is 0.388 e. The summed E-state index contributed by atoms with van der Waals surface area (Å²) in [5, 5.41) is 11.8. The van der Waals surface area contributed by atoms with Crippen LogP contribution >= 0.6 is 23.2 Å². The van der Waals surface area contributed by atoms with Crippen molar-refractivity contribution in [3.8, 4) is 0 Å². The summed E-state index contributed by atoms with van der Waals surface area (Å²) >= 11 is 12.1. The number of aliphatic hydroxyl groups is 1. The Hall–Kier alpha value is -0.240. The highest BCUT2D eigenvalue weighted by Gasteiger charge is 2.40. The summed E-state index contributed by atoms with van der Waals surface area (Å²) < 4.78 is 0. The first-order valence-electron chi connectivity index (χ1n) is 6.22. The van der Waals surface area contributed by atoms with E-state index in [1.165, 1.54) is 12.8 Å². The third-order valence-electron chi connectivity index (χ3n) is 4.14. The number of halogens is 2. The average Bonchev–Trinajstić information content (AvgIpc) is 2.78. The van der Waals surface area contributed by atoms with Crippen molar-refractivity contribution in [3.05, 3.63) is 33.8 Å². The molecule has 0 aromatic heterocycles. The Morgan fingerprint density at radius 2 is 1.94 bits per heavy atom. The van der Waals surface area contributed by atoms with Gasteiger partial charge in [-0.05, 0) is 37.0 Å². The lowest BCUT2D eigenvalue weighted by Crippen LogP contribution is -2.25. The molecule has 1 aliphatic rings. The van der Waals surface area contributed by atoms with Gasteiger partial charge in [-0.3, -0.25) is 0 Å². The number of aliphatic hydroxyl groups excluding tert-OH is 1. The molecule has 0 bridgehead atoms.